The van der Waals surface area contributed by atoms with Gasteiger partial charge in [-0.2, -0.15) is 0 Å². The van der Waals surface area contributed by atoms with Crippen molar-refractivity contribution in [2.45, 2.75) is 31.7 Å². The molecule has 0 aromatic heterocycles. The third-order valence-corrected chi connectivity index (χ3v) is 6.05. The van der Waals surface area contributed by atoms with Gasteiger partial charge in [0.2, 0.25) is 0 Å². The number of fused-ring (bicyclic) bond motifs is 2. The standard InChI is InChI=1S/C22H27N3O.ClH/c1-2-5-17(6-3-1)13-25-11-12-26-21-16-24(15-20(21)25)14-19-8-4-7-18-9-10-23-22(18)19;/h1-8,20-21,23H,9-16H2;1H/t20-,21+;/m1./s1. The Morgan fingerprint density at radius 3 is 2.78 bits per heavy atom. The summed E-state index contributed by atoms with van der Waals surface area (Å²) in [6, 6.07) is 18.1. The molecule has 0 spiro atoms. The second kappa shape index (κ2) is 8.19. The van der Waals surface area contributed by atoms with Crippen molar-refractivity contribution in [3.05, 3.63) is 65.2 Å². The van der Waals surface area contributed by atoms with E-state index in [1.165, 1.54) is 22.4 Å². The van der Waals surface area contributed by atoms with Crippen molar-refractivity contribution in [1.82, 2.24) is 9.80 Å². The van der Waals surface area contributed by atoms with Crippen LogP contribution in [0.3, 0.4) is 0 Å². The Morgan fingerprint density at radius 1 is 1.00 bits per heavy atom. The molecule has 0 saturated carbocycles. The minimum atomic E-state index is 0. The highest BCUT2D eigenvalue weighted by atomic mass is 35.5. The highest BCUT2D eigenvalue weighted by molar-refractivity contribution is 5.85. The zero-order chi connectivity index (χ0) is 17.3. The van der Waals surface area contributed by atoms with Crippen LogP contribution < -0.4 is 5.32 Å². The van der Waals surface area contributed by atoms with Gasteiger partial charge in [-0.1, -0.05) is 48.5 Å². The van der Waals surface area contributed by atoms with E-state index in [9.17, 15) is 0 Å². The molecule has 2 saturated heterocycles. The number of rotatable bonds is 4. The number of hydrogen-bond donors (Lipinski definition) is 1. The van der Waals surface area contributed by atoms with Gasteiger partial charge in [0.1, 0.15) is 0 Å². The molecule has 0 aliphatic carbocycles. The second-order valence-electron chi connectivity index (χ2n) is 7.75. The van der Waals surface area contributed by atoms with Crippen molar-refractivity contribution >= 4 is 18.1 Å². The van der Waals surface area contributed by atoms with Crippen LogP contribution in [0.15, 0.2) is 48.5 Å². The molecule has 144 valence electrons. The summed E-state index contributed by atoms with van der Waals surface area (Å²) in [5.74, 6) is 0. The zero-order valence-corrected chi connectivity index (χ0v) is 16.5. The topological polar surface area (TPSA) is 27.7 Å². The third kappa shape index (κ3) is 3.85. The van der Waals surface area contributed by atoms with Crippen molar-refractivity contribution in [1.29, 1.82) is 0 Å². The summed E-state index contributed by atoms with van der Waals surface area (Å²) >= 11 is 0. The molecule has 4 nitrogen and oxygen atoms in total. The molecule has 27 heavy (non-hydrogen) atoms. The summed E-state index contributed by atoms with van der Waals surface area (Å²) in [4.78, 5) is 5.20. The Morgan fingerprint density at radius 2 is 1.89 bits per heavy atom. The number of para-hydroxylation sites is 1. The fourth-order valence-corrected chi connectivity index (χ4v) is 4.76. The molecule has 2 fully saturated rings. The van der Waals surface area contributed by atoms with Crippen LogP contribution in [0.4, 0.5) is 5.69 Å². The lowest BCUT2D eigenvalue weighted by Crippen LogP contribution is -2.50. The monoisotopic (exact) mass is 385 g/mol. The van der Waals surface area contributed by atoms with Gasteiger partial charge in [0.15, 0.2) is 0 Å². The summed E-state index contributed by atoms with van der Waals surface area (Å²) in [5.41, 5.74) is 5.69. The van der Waals surface area contributed by atoms with E-state index in [1.54, 1.807) is 0 Å². The predicted octanol–water partition coefficient (Wildman–Crippen LogP) is 3.16. The molecular formula is C22H28ClN3O. The Balaban J connectivity index is 0.00000180. The number of nitrogens with one attached hydrogen (secondary N) is 1. The van der Waals surface area contributed by atoms with Crippen LogP contribution in [0, 0.1) is 0 Å². The molecule has 3 aliphatic rings. The lowest BCUT2D eigenvalue weighted by molar-refractivity contribution is -0.0504. The zero-order valence-electron chi connectivity index (χ0n) is 15.6. The summed E-state index contributed by atoms with van der Waals surface area (Å²) in [6.07, 6.45) is 1.50. The lowest BCUT2D eigenvalue weighted by Gasteiger charge is -2.37. The first-order valence-electron chi connectivity index (χ1n) is 9.83. The minimum absolute atomic E-state index is 0. The number of morpholine rings is 1. The molecule has 2 aromatic rings. The quantitative estimate of drug-likeness (QED) is 0.874. The molecule has 5 heteroatoms. The fourth-order valence-electron chi connectivity index (χ4n) is 4.76. The normalized spacial score (nSPS) is 24.7. The average molecular weight is 386 g/mol. The van der Waals surface area contributed by atoms with Crippen molar-refractivity contribution in [2.24, 2.45) is 0 Å². The van der Waals surface area contributed by atoms with Crippen LogP contribution in [0.1, 0.15) is 16.7 Å². The van der Waals surface area contributed by atoms with Crippen molar-refractivity contribution in [3.8, 4) is 0 Å². The second-order valence-corrected chi connectivity index (χ2v) is 7.75. The van der Waals surface area contributed by atoms with Gasteiger partial charge in [-0.15, -0.1) is 12.4 Å². The Labute approximate surface area is 167 Å². The molecule has 1 N–H and O–H groups in total. The van der Waals surface area contributed by atoms with Crippen LogP contribution in [0.2, 0.25) is 0 Å². The first-order valence-corrected chi connectivity index (χ1v) is 9.83. The van der Waals surface area contributed by atoms with Crippen molar-refractivity contribution in [3.63, 3.8) is 0 Å². The molecule has 0 bridgehead atoms. The lowest BCUT2D eigenvalue weighted by atomic mass is 10.1. The number of ether oxygens (including phenoxy) is 1. The number of likely N-dealkylation sites (tertiary alicyclic amines) is 1. The Bertz CT molecular complexity index is 769. The van der Waals surface area contributed by atoms with Gasteiger partial charge < -0.3 is 10.1 Å². The predicted molar refractivity (Wildman–Crippen MR) is 112 cm³/mol. The highest BCUT2D eigenvalue weighted by Crippen LogP contribution is 2.30. The van der Waals surface area contributed by atoms with Gasteiger partial charge >= 0.3 is 0 Å². The maximum absolute atomic E-state index is 6.13. The highest BCUT2D eigenvalue weighted by Gasteiger charge is 2.40. The summed E-state index contributed by atoms with van der Waals surface area (Å²) in [6.45, 7) is 7.15. The van der Waals surface area contributed by atoms with Crippen LogP contribution in [0.5, 0.6) is 0 Å². The van der Waals surface area contributed by atoms with E-state index >= 15 is 0 Å². The number of benzene rings is 2. The van der Waals surface area contributed by atoms with Crippen molar-refractivity contribution in [2.75, 3.05) is 38.1 Å². The molecular weight excluding hydrogens is 358 g/mol. The van der Waals surface area contributed by atoms with Gasteiger partial charge in [0.25, 0.3) is 0 Å². The van der Waals surface area contributed by atoms with E-state index in [2.05, 4.69) is 63.6 Å². The number of hydrogen-bond acceptors (Lipinski definition) is 4. The van der Waals surface area contributed by atoms with E-state index in [1.807, 2.05) is 0 Å². The molecule has 2 atom stereocenters. The first-order chi connectivity index (χ1) is 12.9. The molecule has 0 amide bonds. The number of nitrogens with zero attached hydrogens (tertiary/aromatic N) is 2. The maximum Gasteiger partial charge on any atom is 0.0870 e. The van der Waals surface area contributed by atoms with E-state index < -0.39 is 0 Å². The smallest absolute Gasteiger partial charge is 0.0870 e. The van der Waals surface area contributed by atoms with Gasteiger partial charge in [-0.05, 0) is 23.1 Å². The van der Waals surface area contributed by atoms with E-state index in [-0.39, 0.29) is 12.4 Å². The SMILES string of the molecule is Cl.c1ccc(CN2CCO[C@H]3CN(Cc4cccc5c4NCC5)C[C@H]32)cc1. The van der Waals surface area contributed by atoms with E-state index in [0.717, 1.165) is 52.3 Å². The molecule has 5 rings (SSSR count). The van der Waals surface area contributed by atoms with Gasteiger partial charge in [-0.3, -0.25) is 9.80 Å². The fraction of sp³-hybridized carbons (Fsp3) is 0.455. The van der Waals surface area contributed by atoms with E-state index in [0.29, 0.717) is 12.1 Å². The molecule has 0 unspecified atom stereocenters. The van der Waals surface area contributed by atoms with Crippen molar-refractivity contribution < 1.29 is 4.74 Å². The molecule has 0 radical (unpaired) electrons. The Kier molecular flexibility index (Phi) is 5.69. The largest absolute Gasteiger partial charge is 0.384 e. The van der Waals surface area contributed by atoms with Gasteiger partial charge in [0.05, 0.1) is 18.8 Å². The van der Waals surface area contributed by atoms with Gasteiger partial charge in [0, 0.05) is 45.0 Å². The van der Waals surface area contributed by atoms with E-state index in [4.69, 9.17) is 4.74 Å². The first kappa shape index (κ1) is 18.8. The maximum atomic E-state index is 6.13. The summed E-state index contributed by atoms with van der Waals surface area (Å²) in [7, 11) is 0. The number of halogens is 1. The van der Waals surface area contributed by atoms with Crippen LogP contribution in [-0.4, -0.2) is 54.7 Å². The van der Waals surface area contributed by atoms with Gasteiger partial charge in [-0.25, -0.2) is 0 Å². The van der Waals surface area contributed by atoms with Crippen LogP contribution >= 0.6 is 12.4 Å². The third-order valence-electron chi connectivity index (χ3n) is 6.05. The molecule has 3 heterocycles. The number of anilines is 1. The molecule has 3 aliphatic heterocycles. The summed E-state index contributed by atoms with van der Waals surface area (Å²) < 4.78 is 6.13. The summed E-state index contributed by atoms with van der Waals surface area (Å²) in [5, 5.41) is 3.58. The molecule has 2 aromatic carbocycles. The Hall–Kier alpha value is -1.59. The minimum Gasteiger partial charge on any atom is -0.384 e. The van der Waals surface area contributed by atoms with Crippen LogP contribution in [-0.2, 0) is 24.2 Å². The van der Waals surface area contributed by atoms with Crippen LogP contribution in [0.25, 0.3) is 0 Å². The average Bonchev–Trinajstić information content (AvgIpc) is 3.30.